The van der Waals surface area contributed by atoms with E-state index >= 15 is 0 Å². The van der Waals surface area contributed by atoms with Crippen LogP contribution < -0.4 is 11.1 Å². The van der Waals surface area contributed by atoms with Crippen molar-refractivity contribution in [2.45, 2.75) is 52.5 Å². The number of carbonyl (C=O) groups excluding carboxylic acids is 1. The highest BCUT2D eigenvalue weighted by atomic mass is 16.3. The first-order valence-corrected chi connectivity index (χ1v) is 6.47. The van der Waals surface area contributed by atoms with Crippen LogP contribution in [0.1, 0.15) is 46.5 Å². The Morgan fingerprint density at radius 1 is 1.47 bits per heavy atom. The van der Waals surface area contributed by atoms with Crippen molar-refractivity contribution in [1.82, 2.24) is 5.32 Å². The quantitative estimate of drug-likeness (QED) is 0.674. The maximum atomic E-state index is 12.2. The monoisotopic (exact) mass is 242 g/mol. The summed E-state index contributed by atoms with van der Waals surface area (Å²) in [4.78, 5) is 12.2. The van der Waals surface area contributed by atoms with Crippen LogP contribution in [0.3, 0.4) is 0 Å². The molecule has 1 amide bonds. The Labute approximate surface area is 104 Å². The number of carbonyl (C=O) groups is 1. The number of hydrogen-bond donors (Lipinski definition) is 3. The second-order valence-electron chi connectivity index (χ2n) is 6.24. The van der Waals surface area contributed by atoms with Gasteiger partial charge in [0.05, 0.1) is 5.41 Å². The molecule has 0 saturated heterocycles. The van der Waals surface area contributed by atoms with Gasteiger partial charge in [0, 0.05) is 19.2 Å². The Morgan fingerprint density at radius 2 is 2.06 bits per heavy atom. The molecule has 0 aromatic heterocycles. The number of nitrogens with one attached hydrogen (secondary N) is 1. The third-order valence-corrected chi connectivity index (χ3v) is 3.95. The summed E-state index contributed by atoms with van der Waals surface area (Å²) in [6.45, 7) is 6.74. The molecule has 0 bridgehead atoms. The lowest BCUT2D eigenvalue weighted by molar-refractivity contribution is -0.136. The molecular formula is C13H26N2O2. The van der Waals surface area contributed by atoms with Gasteiger partial charge in [-0.3, -0.25) is 4.79 Å². The molecule has 4 nitrogen and oxygen atoms in total. The zero-order chi connectivity index (χ0) is 13.1. The van der Waals surface area contributed by atoms with E-state index in [0.29, 0.717) is 13.0 Å². The molecule has 4 heteroatoms. The van der Waals surface area contributed by atoms with E-state index < -0.39 is 0 Å². The van der Waals surface area contributed by atoms with E-state index in [1.54, 1.807) is 0 Å². The molecule has 1 atom stereocenters. The number of rotatable bonds is 5. The zero-order valence-corrected chi connectivity index (χ0v) is 11.3. The van der Waals surface area contributed by atoms with E-state index in [-0.39, 0.29) is 29.4 Å². The van der Waals surface area contributed by atoms with Gasteiger partial charge in [-0.1, -0.05) is 27.2 Å². The largest absolute Gasteiger partial charge is 0.396 e. The van der Waals surface area contributed by atoms with Crippen LogP contribution >= 0.6 is 0 Å². The van der Waals surface area contributed by atoms with E-state index in [1.165, 1.54) is 0 Å². The van der Waals surface area contributed by atoms with Crippen LogP contribution in [0.2, 0.25) is 0 Å². The van der Waals surface area contributed by atoms with E-state index in [0.717, 1.165) is 19.3 Å². The fraction of sp³-hybridized carbons (Fsp3) is 0.923. The molecule has 0 aliphatic heterocycles. The summed E-state index contributed by atoms with van der Waals surface area (Å²) in [5.41, 5.74) is 5.34. The minimum absolute atomic E-state index is 0.00373. The molecular weight excluding hydrogens is 216 g/mol. The zero-order valence-electron chi connectivity index (χ0n) is 11.3. The fourth-order valence-corrected chi connectivity index (χ4v) is 2.29. The molecule has 0 aromatic rings. The van der Waals surface area contributed by atoms with Crippen molar-refractivity contribution < 1.29 is 9.90 Å². The van der Waals surface area contributed by atoms with Gasteiger partial charge in [0.25, 0.3) is 0 Å². The predicted molar refractivity (Wildman–Crippen MR) is 68.4 cm³/mol. The number of hydrogen-bond acceptors (Lipinski definition) is 3. The second-order valence-corrected chi connectivity index (χ2v) is 6.24. The normalized spacial score (nSPS) is 20.5. The molecule has 1 saturated carbocycles. The molecule has 100 valence electrons. The molecule has 0 aromatic carbocycles. The molecule has 0 heterocycles. The predicted octanol–water partition coefficient (Wildman–Crippen LogP) is 1.03. The minimum Gasteiger partial charge on any atom is -0.396 e. The van der Waals surface area contributed by atoms with Gasteiger partial charge < -0.3 is 16.2 Å². The van der Waals surface area contributed by atoms with Gasteiger partial charge in [0.15, 0.2) is 0 Å². The average molecular weight is 242 g/mol. The van der Waals surface area contributed by atoms with Crippen LogP contribution in [0.5, 0.6) is 0 Å². The summed E-state index contributed by atoms with van der Waals surface area (Å²) in [5.74, 6) is 0.0691. The van der Waals surface area contributed by atoms with Crippen LogP contribution in [0, 0.1) is 10.8 Å². The molecule has 1 aliphatic rings. The van der Waals surface area contributed by atoms with E-state index in [2.05, 4.69) is 26.1 Å². The summed E-state index contributed by atoms with van der Waals surface area (Å²) in [5, 5.41) is 12.1. The maximum Gasteiger partial charge on any atom is 0.227 e. The molecule has 0 spiro atoms. The number of aliphatic hydroxyl groups is 1. The van der Waals surface area contributed by atoms with Crippen LogP contribution in [0.4, 0.5) is 0 Å². The minimum atomic E-state index is -0.334. The van der Waals surface area contributed by atoms with Crippen molar-refractivity contribution in [3.63, 3.8) is 0 Å². The van der Waals surface area contributed by atoms with Gasteiger partial charge in [-0.25, -0.2) is 0 Å². The van der Waals surface area contributed by atoms with Crippen molar-refractivity contribution in [3.05, 3.63) is 0 Å². The summed E-state index contributed by atoms with van der Waals surface area (Å²) in [6.07, 6.45) is 3.47. The van der Waals surface area contributed by atoms with Crippen molar-refractivity contribution in [2.75, 3.05) is 13.2 Å². The van der Waals surface area contributed by atoms with Crippen molar-refractivity contribution in [1.29, 1.82) is 0 Å². The van der Waals surface area contributed by atoms with Gasteiger partial charge in [0.1, 0.15) is 0 Å². The average Bonchev–Trinajstić information content (AvgIpc) is 2.14. The maximum absolute atomic E-state index is 12.2. The van der Waals surface area contributed by atoms with Crippen molar-refractivity contribution >= 4 is 5.91 Å². The van der Waals surface area contributed by atoms with Gasteiger partial charge in [-0.2, -0.15) is 0 Å². The fourth-order valence-electron chi connectivity index (χ4n) is 2.29. The Kier molecular flexibility index (Phi) is 4.55. The van der Waals surface area contributed by atoms with Crippen LogP contribution in [0.15, 0.2) is 0 Å². The lowest BCUT2D eigenvalue weighted by atomic mass is 9.67. The van der Waals surface area contributed by atoms with Gasteiger partial charge in [-0.05, 0) is 24.7 Å². The van der Waals surface area contributed by atoms with E-state index in [4.69, 9.17) is 10.8 Å². The topological polar surface area (TPSA) is 75.3 Å². The van der Waals surface area contributed by atoms with Gasteiger partial charge in [-0.15, -0.1) is 0 Å². The van der Waals surface area contributed by atoms with Crippen LogP contribution in [0.25, 0.3) is 0 Å². The summed E-state index contributed by atoms with van der Waals surface area (Å²) in [7, 11) is 0. The number of amides is 1. The van der Waals surface area contributed by atoms with E-state index in [1.807, 2.05) is 0 Å². The standard InChI is InChI=1S/C13H26N2O2/c1-12(2,3)10(5-8-16)15-11(17)13(9-14)6-4-7-13/h10,16H,4-9,14H2,1-3H3,(H,15,17). The lowest BCUT2D eigenvalue weighted by Crippen LogP contribution is -2.55. The molecule has 1 aliphatic carbocycles. The molecule has 1 rings (SSSR count). The Hall–Kier alpha value is -0.610. The smallest absolute Gasteiger partial charge is 0.227 e. The first-order valence-electron chi connectivity index (χ1n) is 6.47. The van der Waals surface area contributed by atoms with Crippen LogP contribution in [-0.4, -0.2) is 30.2 Å². The second kappa shape index (κ2) is 5.36. The van der Waals surface area contributed by atoms with Gasteiger partial charge >= 0.3 is 0 Å². The highest BCUT2D eigenvalue weighted by Gasteiger charge is 2.44. The van der Waals surface area contributed by atoms with Crippen molar-refractivity contribution in [3.8, 4) is 0 Å². The Balaban J connectivity index is 2.64. The summed E-state index contributed by atoms with van der Waals surface area (Å²) >= 11 is 0. The third-order valence-electron chi connectivity index (χ3n) is 3.95. The lowest BCUT2D eigenvalue weighted by Gasteiger charge is -2.42. The van der Waals surface area contributed by atoms with Gasteiger partial charge in [0.2, 0.25) is 5.91 Å². The molecule has 1 fully saturated rings. The Bertz CT molecular complexity index is 262. The molecule has 17 heavy (non-hydrogen) atoms. The van der Waals surface area contributed by atoms with Crippen molar-refractivity contribution in [2.24, 2.45) is 16.6 Å². The first-order chi connectivity index (χ1) is 7.85. The third kappa shape index (κ3) is 3.19. The number of aliphatic hydroxyl groups excluding tert-OH is 1. The molecule has 1 unspecified atom stereocenters. The Morgan fingerprint density at radius 3 is 2.35 bits per heavy atom. The highest BCUT2D eigenvalue weighted by molar-refractivity contribution is 5.84. The first kappa shape index (κ1) is 14.5. The number of nitrogens with two attached hydrogens (primary N) is 1. The SMILES string of the molecule is CC(C)(C)C(CCO)NC(=O)C1(CN)CCC1. The summed E-state index contributed by atoms with van der Waals surface area (Å²) in [6, 6.07) is 0.00373. The van der Waals surface area contributed by atoms with E-state index in [9.17, 15) is 4.79 Å². The highest BCUT2D eigenvalue weighted by Crippen LogP contribution is 2.40. The van der Waals surface area contributed by atoms with Crippen LogP contribution in [-0.2, 0) is 4.79 Å². The molecule has 0 radical (unpaired) electrons. The molecule has 4 N–H and O–H groups in total. The summed E-state index contributed by atoms with van der Waals surface area (Å²) < 4.78 is 0.